The molecule has 4 amide bonds. The Balaban J connectivity index is 1.53. The standard InChI is InChI=1S/C24H29N3O4/c1-23(2,3)18-10-12-19(13-11-18)31-16-20(28)26-27-21(29)24(4,25-22(27)30)15-14-17-8-6-5-7-9-17/h5-13H,14-16H2,1-4H3,(H,25,30)(H,26,28). The number of hydrogen-bond donors (Lipinski definition) is 2. The largest absolute Gasteiger partial charge is 0.484 e. The highest BCUT2D eigenvalue weighted by Crippen LogP contribution is 2.24. The maximum absolute atomic E-state index is 12.8. The molecule has 164 valence electrons. The van der Waals surface area contributed by atoms with E-state index in [-0.39, 0.29) is 12.0 Å². The Morgan fingerprint density at radius 2 is 1.71 bits per heavy atom. The maximum Gasteiger partial charge on any atom is 0.344 e. The van der Waals surface area contributed by atoms with Crippen molar-refractivity contribution in [1.82, 2.24) is 15.8 Å². The fourth-order valence-corrected chi connectivity index (χ4v) is 3.35. The lowest BCUT2D eigenvalue weighted by Gasteiger charge is -2.21. The lowest BCUT2D eigenvalue weighted by Crippen LogP contribution is -2.50. The third kappa shape index (κ3) is 5.42. The summed E-state index contributed by atoms with van der Waals surface area (Å²) in [4.78, 5) is 37.3. The van der Waals surface area contributed by atoms with Crippen LogP contribution in [0.5, 0.6) is 5.75 Å². The number of nitrogens with zero attached hydrogens (tertiary/aromatic N) is 1. The number of rotatable bonds is 7. The summed E-state index contributed by atoms with van der Waals surface area (Å²) in [6.45, 7) is 7.69. The monoisotopic (exact) mass is 423 g/mol. The van der Waals surface area contributed by atoms with Crippen LogP contribution < -0.4 is 15.5 Å². The molecule has 1 heterocycles. The normalized spacial score (nSPS) is 18.6. The van der Waals surface area contributed by atoms with Gasteiger partial charge in [-0.2, -0.15) is 5.01 Å². The Bertz CT molecular complexity index is 951. The van der Waals surface area contributed by atoms with E-state index in [0.717, 1.165) is 16.1 Å². The number of hydrogen-bond acceptors (Lipinski definition) is 4. The summed E-state index contributed by atoms with van der Waals surface area (Å²) >= 11 is 0. The van der Waals surface area contributed by atoms with Crippen LogP contribution in [0.3, 0.4) is 0 Å². The zero-order chi connectivity index (χ0) is 22.6. The molecule has 1 aliphatic heterocycles. The van der Waals surface area contributed by atoms with Crippen molar-refractivity contribution < 1.29 is 19.1 Å². The summed E-state index contributed by atoms with van der Waals surface area (Å²) in [5.41, 5.74) is 3.51. The SMILES string of the molecule is CC1(CCc2ccccc2)NC(=O)N(NC(=O)COc2ccc(C(C)(C)C)cc2)C1=O. The number of carbonyl (C=O) groups is 3. The quantitative estimate of drug-likeness (QED) is 0.669. The third-order valence-electron chi connectivity index (χ3n) is 5.34. The highest BCUT2D eigenvalue weighted by atomic mass is 16.5. The van der Waals surface area contributed by atoms with E-state index >= 15 is 0 Å². The number of imide groups is 1. The average Bonchev–Trinajstić information content (AvgIpc) is 2.94. The van der Waals surface area contributed by atoms with Gasteiger partial charge in [-0.15, -0.1) is 0 Å². The zero-order valence-electron chi connectivity index (χ0n) is 18.4. The molecule has 0 bridgehead atoms. The van der Waals surface area contributed by atoms with Crippen LogP contribution in [0.15, 0.2) is 54.6 Å². The molecule has 0 aromatic heterocycles. The Hall–Kier alpha value is -3.35. The second-order valence-corrected chi connectivity index (χ2v) is 8.99. The van der Waals surface area contributed by atoms with Crippen LogP contribution in [0.2, 0.25) is 0 Å². The highest BCUT2D eigenvalue weighted by Gasteiger charge is 2.48. The van der Waals surface area contributed by atoms with Crippen LogP contribution in [0.4, 0.5) is 4.79 Å². The van der Waals surface area contributed by atoms with Gasteiger partial charge in [0.25, 0.3) is 11.8 Å². The van der Waals surface area contributed by atoms with Gasteiger partial charge in [0.15, 0.2) is 6.61 Å². The van der Waals surface area contributed by atoms with Gasteiger partial charge in [-0.1, -0.05) is 63.2 Å². The van der Waals surface area contributed by atoms with Gasteiger partial charge in [0.1, 0.15) is 11.3 Å². The molecule has 0 aliphatic carbocycles. The summed E-state index contributed by atoms with van der Waals surface area (Å²) in [5, 5.41) is 3.42. The van der Waals surface area contributed by atoms with Crippen molar-refractivity contribution in [3.05, 3.63) is 65.7 Å². The van der Waals surface area contributed by atoms with Crippen LogP contribution >= 0.6 is 0 Å². The minimum atomic E-state index is -1.08. The molecule has 1 unspecified atom stereocenters. The molecule has 2 aromatic carbocycles. The zero-order valence-corrected chi connectivity index (χ0v) is 18.4. The molecule has 0 spiro atoms. The molecule has 2 aromatic rings. The molecule has 1 saturated heterocycles. The topological polar surface area (TPSA) is 87.7 Å². The number of hydrazine groups is 1. The van der Waals surface area contributed by atoms with Gasteiger partial charge in [-0.3, -0.25) is 15.0 Å². The van der Waals surface area contributed by atoms with Gasteiger partial charge in [-0.05, 0) is 48.4 Å². The molecule has 7 heteroatoms. The van der Waals surface area contributed by atoms with E-state index in [1.54, 1.807) is 19.1 Å². The molecule has 2 N–H and O–H groups in total. The number of aryl methyl sites for hydroxylation is 1. The van der Waals surface area contributed by atoms with Crippen molar-refractivity contribution in [1.29, 1.82) is 0 Å². The first kappa shape index (κ1) is 22.3. The van der Waals surface area contributed by atoms with Gasteiger partial charge in [0.2, 0.25) is 0 Å². The summed E-state index contributed by atoms with van der Waals surface area (Å²) in [7, 11) is 0. The molecule has 0 radical (unpaired) electrons. The predicted octanol–water partition coefficient (Wildman–Crippen LogP) is 3.34. The lowest BCUT2D eigenvalue weighted by atomic mass is 9.87. The number of nitrogens with one attached hydrogen (secondary N) is 2. The molecule has 0 saturated carbocycles. The Kier molecular flexibility index (Phi) is 6.34. The molecule has 3 rings (SSSR count). The summed E-state index contributed by atoms with van der Waals surface area (Å²) in [6, 6.07) is 16.5. The van der Waals surface area contributed by atoms with Crippen LogP contribution in [0.25, 0.3) is 0 Å². The van der Waals surface area contributed by atoms with E-state index in [4.69, 9.17) is 4.74 Å². The smallest absolute Gasteiger partial charge is 0.344 e. The molecular weight excluding hydrogens is 394 g/mol. The van der Waals surface area contributed by atoms with Crippen molar-refractivity contribution >= 4 is 17.8 Å². The number of carbonyl (C=O) groups excluding carboxylic acids is 3. The second-order valence-electron chi connectivity index (χ2n) is 8.99. The molecule has 1 fully saturated rings. The Morgan fingerprint density at radius 3 is 2.32 bits per heavy atom. The minimum Gasteiger partial charge on any atom is -0.484 e. The van der Waals surface area contributed by atoms with Crippen molar-refractivity contribution in [2.75, 3.05) is 6.61 Å². The molecule has 7 nitrogen and oxygen atoms in total. The summed E-state index contributed by atoms with van der Waals surface area (Å²) in [5.74, 6) is -0.542. The third-order valence-corrected chi connectivity index (χ3v) is 5.34. The number of amides is 4. The number of urea groups is 1. The first-order valence-corrected chi connectivity index (χ1v) is 10.3. The summed E-state index contributed by atoms with van der Waals surface area (Å²) in [6.07, 6.45) is 1.05. The van der Waals surface area contributed by atoms with E-state index in [1.807, 2.05) is 42.5 Å². The number of benzene rings is 2. The molecule has 1 atom stereocenters. The second kappa shape index (κ2) is 8.79. The first-order valence-electron chi connectivity index (χ1n) is 10.3. The minimum absolute atomic E-state index is 0.0204. The average molecular weight is 424 g/mol. The van der Waals surface area contributed by atoms with Crippen LogP contribution in [-0.2, 0) is 21.4 Å². The van der Waals surface area contributed by atoms with Crippen LogP contribution in [0, 0.1) is 0 Å². The predicted molar refractivity (Wildman–Crippen MR) is 117 cm³/mol. The molecule has 31 heavy (non-hydrogen) atoms. The lowest BCUT2D eigenvalue weighted by molar-refractivity contribution is -0.139. The van der Waals surface area contributed by atoms with Gasteiger partial charge in [0, 0.05) is 0 Å². The van der Waals surface area contributed by atoms with E-state index < -0.39 is 23.4 Å². The van der Waals surface area contributed by atoms with Crippen LogP contribution in [-0.4, -0.2) is 35.0 Å². The Morgan fingerprint density at radius 1 is 1.06 bits per heavy atom. The highest BCUT2D eigenvalue weighted by molar-refractivity contribution is 6.07. The van der Waals surface area contributed by atoms with E-state index in [0.29, 0.717) is 18.6 Å². The molecular formula is C24H29N3O4. The maximum atomic E-state index is 12.8. The fourth-order valence-electron chi connectivity index (χ4n) is 3.35. The van der Waals surface area contributed by atoms with E-state index in [1.165, 1.54) is 0 Å². The molecule has 1 aliphatic rings. The van der Waals surface area contributed by atoms with E-state index in [9.17, 15) is 14.4 Å². The number of ether oxygens (including phenoxy) is 1. The van der Waals surface area contributed by atoms with Crippen molar-refractivity contribution in [2.45, 2.75) is 51.5 Å². The Labute approximate surface area is 182 Å². The summed E-state index contributed by atoms with van der Waals surface area (Å²) < 4.78 is 5.49. The van der Waals surface area contributed by atoms with E-state index in [2.05, 4.69) is 31.5 Å². The first-order chi connectivity index (χ1) is 14.6. The van der Waals surface area contributed by atoms with Crippen LogP contribution in [0.1, 0.15) is 45.2 Å². The van der Waals surface area contributed by atoms with Crippen molar-refractivity contribution in [3.63, 3.8) is 0 Å². The fraction of sp³-hybridized carbons (Fsp3) is 0.375. The van der Waals surface area contributed by atoms with Crippen molar-refractivity contribution in [2.24, 2.45) is 0 Å². The van der Waals surface area contributed by atoms with Gasteiger partial charge >= 0.3 is 6.03 Å². The van der Waals surface area contributed by atoms with Crippen molar-refractivity contribution in [3.8, 4) is 5.75 Å². The van der Waals surface area contributed by atoms with Gasteiger partial charge in [-0.25, -0.2) is 4.79 Å². The van der Waals surface area contributed by atoms with Gasteiger partial charge < -0.3 is 10.1 Å². The van der Waals surface area contributed by atoms with Gasteiger partial charge in [0.05, 0.1) is 0 Å².